The average molecular weight is 360 g/mol. The second-order valence-electron chi connectivity index (χ2n) is 7.79. The molecule has 0 radical (unpaired) electrons. The van der Waals surface area contributed by atoms with Gasteiger partial charge in [0.2, 0.25) is 0 Å². The molecule has 0 saturated heterocycles. The highest BCUT2D eigenvalue weighted by atomic mass is 16.6. The Bertz CT molecular complexity index is 465. The van der Waals surface area contributed by atoms with Gasteiger partial charge >= 0.3 is 18.0 Å². The molecule has 0 bridgehead atoms. The molecule has 0 unspecified atom stereocenters. The molecule has 0 aliphatic rings. The molecule has 0 fully saturated rings. The first-order valence-corrected chi connectivity index (χ1v) is 8.30. The summed E-state index contributed by atoms with van der Waals surface area (Å²) in [6.07, 6.45) is 0.158. The zero-order valence-electron chi connectivity index (χ0n) is 16.3. The van der Waals surface area contributed by atoms with Gasteiger partial charge in [0.05, 0.1) is 7.11 Å². The van der Waals surface area contributed by atoms with Gasteiger partial charge in [0.1, 0.15) is 17.2 Å². The fourth-order valence-corrected chi connectivity index (χ4v) is 1.94. The van der Waals surface area contributed by atoms with E-state index in [0.717, 1.165) is 0 Å². The van der Waals surface area contributed by atoms with E-state index in [-0.39, 0.29) is 12.4 Å². The quantitative estimate of drug-likeness (QED) is 0.526. The van der Waals surface area contributed by atoms with Gasteiger partial charge in [0, 0.05) is 12.5 Å². The monoisotopic (exact) mass is 360 g/mol. The summed E-state index contributed by atoms with van der Waals surface area (Å²) in [4.78, 5) is 35.4. The first kappa shape index (κ1) is 23.2. The molecular weight excluding hydrogens is 328 g/mol. The van der Waals surface area contributed by atoms with E-state index in [1.54, 1.807) is 41.5 Å². The summed E-state index contributed by atoms with van der Waals surface area (Å²) >= 11 is 0. The lowest BCUT2D eigenvalue weighted by atomic mass is 10.0. The van der Waals surface area contributed by atoms with Crippen LogP contribution < -0.4 is 11.1 Å². The van der Waals surface area contributed by atoms with E-state index < -0.39 is 35.3 Å². The number of rotatable bonds is 7. The number of carbonyl (C=O) groups excluding carboxylic acids is 3. The number of hydrogen-bond acceptors (Lipinski definition) is 7. The second kappa shape index (κ2) is 9.60. The van der Waals surface area contributed by atoms with Crippen molar-refractivity contribution in [2.24, 2.45) is 5.73 Å². The molecule has 0 saturated carbocycles. The number of hydrogen-bond donors (Lipinski definition) is 2. The first-order chi connectivity index (χ1) is 11.2. The van der Waals surface area contributed by atoms with Crippen molar-refractivity contribution >= 4 is 18.0 Å². The molecule has 1 amide bonds. The minimum atomic E-state index is -1.06. The lowest BCUT2D eigenvalue weighted by Gasteiger charge is -2.25. The summed E-state index contributed by atoms with van der Waals surface area (Å²) in [6.45, 7) is 10.5. The Balaban J connectivity index is 4.60. The predicted molar refractivity (Wildman–Crippen MR) is 92.8 cm³/mol. The fourth-order valence-electron chi connectivity index (χ4n) is 1.94. The van der Waals surface area contributed by atoms with Gasteiger partial charge in [-0.2, -0.15) is 0 Å². The van der Waals surface area contributed by atoms with Crippen LogP contribution in [0.2, 0.25) is 0 Å². The number of amides is 1. The maximum Gasteiger partial charge on any atom is 0.408 e. The van der Waals surface area contributed by atoms with E-state index in [1.165, 1.54) is 7.11 Å². The van der Waals surface area contributed by atoms with Crippen LogP contribution in [0.25, 0.3) is 0 Å². The van der Waals surface area contributed by atoms with Crippen molar-refractivity contribution in [3.63, 3.8) is 0 Å². The van der Waals surface area contributed by atoms with Gasteiger partial charge < -0.3 is 25.3 Å². The van der Waals surface area contributed by atoms with Crippen LogP contribution in [-0.4, -0.2) is 48.4 Å². The molecule has 0 aliphatic heterocycles. The van der Waals surface area contributed by atoms with Crippen LogP contribution in [-0.2, 0) is 23.8 Å². The molecule has 3 N–H and O–H groups in total. The molecule has 0 heterocycles. The van der Waals surface area contributed by atoms with Crippen molar-refractivity contribution in [2.75, 3.05) is 7.11 Å². The Kier molecular flexibility index (Phi) is 8.90. The lowest BCUT2D eigenvalue weighted by Crippen LogP contribution is -2.53. The van der Waals surface area contributed by atoms with Gasteiger partial charge in [-0.1, -0.05) is 0 Å². The van der Waals surface area contributed by atoms with Gasteiger partial charge in [-0.15, -0.1) is 0 Å². The van der Waals surface area contributed by atoms with Crippen LogP contribution in [0.1, 0.15) is 60.8 Å². The van der Waals surface area contributed by atoms with Gasteiger partial charge in [-0.3, -0.25) is 4.79 Å². The Hall–Kier alpha value is -1.83. The number of alkyl carbamates (subject to hydrolysis) is 1. The van der Waals surface area contributed by atoms with Crippen LogP contribution in [0.15, 0.2) is 0 Å². The fraction of sp³-hybridized carbons (Fsp3) is 0.824. The molecular formula is C17H32N2O6. The van der Waals surface area contributed by atoms with E-state index in [1.807, 2.05) is 0 Å². The summed E-state index contributed by atoms with van der Waals surface area (Å²) < 4.78 is 15.0. The van der Waals surface area contributed by atoms with Crippen LogP contribution in [0.5, 0.6) is 0 Å². The van der Waals surface area contributed by atoms with Crippen molar-refractivity contribution < 1.29 is 28.6 Å². The van der Waals surface area contributed by atoms with Gasteiger partial charge in [-0.05, 0) is 54.4 Å². The molecule has 146 valence electrons. The standard InChI is InChI=1S/C17H32N2O6/c1-16(2,3)24-12(20)10-8-9-11(18)13(14(21)23-7)19-15(22)25-17(4,5)6/h11,13H,8-10,18H2,1-7H3,(H,19,22)/t11-,13-/m1/s1. The highest BCUT2D eigenvalue weighted by Crippen LogP contribution is 2.12. The van der Waals surface area contributed by atoms with E-state index in [0.29, 0.717) is 12.8 Å². The highest BCUT2D eigenvalue weighted by Gasteiger charge is 2.30. The largest absolute Gasteiger partial charge is 0.467 e. The summed E-state index contributed by atoms with van der Waals surface area (Å²) in [6, 6.07) is -1.78. The van der Waals surface area contributed by atoms with Crippen molar-refractivity contribution in [1.29, 1.82) is 0 Å². The molecule has 0 aromatic rings. The summed E-state index contributed by atoms with van der Waals surface area (Å²) in [5.41, 5.74) is 4.74. The Morgan fingerprint density at radius 1 is 1.00 bits per heavy atom. The molecule has 0 aromatic heterocycles. The number of nitrogens with one attached hydrogen (secondary N) is 1. The smallest absolute Gasteiger partial charge is 0.408 e. The predicted octanol–water partition coefficient (Wildman–Crippen LogP) is 1.89. The molecule has 8 heteroatoms. The van der Waals surface area contributed by atoms with Gasteiger partial charge in [0.15, 0.2) is 0 Å². The Labute approximate surface area is 149 Å². The Morgan fingerprint density at radius 2 is 1.52 bits per heavy atom. The zero-order valence-corrected chi connectivity index (χ0v) is 16.3. The van der Waals surface area contributed by atoms with Crippen LogP contribution in [0.3, 0.4) is 0 Å². The van der Waals surface area contributed by atoms with Crippen molar-refractivity contribution in [3.05, 3.63) is 0 Å². The summed E-state index contributed by atoms with van der Waals surface area (Å²) in [5, 5.41) is 2.42. The molecule has 0 spiro atoms. The van der Waals surface area contributed by atoms with E-state index >= 15 is 0 Å². The van der Waals surface area contributed by atoms with Gasteiger partial charge in [-0.25, -0.2) is 9.59 Å². The molecule has 8 nitrogen and oxygen atoms in total. The SMILES string of the molecule is COC(=O)[C@H](NC(=O)OC(C)(C)C)[C@H](N)CCCC(=O)OC(C)(C)C. The third-order valence-electron chi connectivity index (χ3n) is 2.89. The van der Waals surface area contributed by atoms with Crippen molar-refractivity contribution in [2.45, 2.75) is 84.1 Å². The summed E-state index contributed by atoms with van der Waals surface area (Å²) in [7, 11) is 1.21. The van der Waals surface area contributed by atoms with Crippen LogP contribution in [0, 0.1) is 0 Å². The number of carbonyl (C=O) groups is 3. The zero-order chi connectivity index (χ0) is 19.8. The third kappa shape index (κ3) is 11.4. The van der Waals surface area contributed by atoms with E-state index in [2.05, 4.69) is 10.1 Å². The minimum absolute atomic E-state index is 0.172. The normalized spacial score (nSPS) is 14.2. The molecule has 25 heavy (non-hydrogen) atoms. The number of ether oxygens (including phenoxy) is 3. The average Bonchev–Trinajstić information content (AvgIpc) is 2.39. The van der Waals surface area contributed by atoms with Crippen LogP contribution >= 0.6 is 0 Å². The topological polar surface area (TPSA) is 117 Å². The lowest BCUT2D eigenvalue weighted by molar-refractivity contribution is -0.154. The number of methoxy groups -OCH3 is 1. The first-order valence-electron chi connectivity index (χ1n) is 8.30. The molecule has 0 aliphatic carbocycles. The van der Waals surface area contributed by atoms with Crippen molar-refractivity contribution in [1.82, 2.24) is 5.32 Å². The van der Waals surface area contributed by atoms with Crippen LogP contribution in [0.4, 0.5) is 4.79 Å². The maximum atomic E-state index is 11.9. The maximum absolute atomic E-state index is 11.9. The van der Waals surface area contributed by atoms with Crippen molar-refractivity contribution in [3.8, 4) is 0 Å². The number of esters is 2. The second-order valence-corrected chi connectivity index (χ2v) is 7.79. The summed E-state index contributed by atoms with van der Waals surface area (Å²) in [5.74, 6) is -1.01. The molecule has 0 aromatic carbocycles. The highest BCUT2D eigenvalue weighted by molar-refractivity contribution is 5.82. The third-order valence-corrected chi connectivity index (χ3v) is 2.89. The molecule has 2 atom stereocenters. The number of nitrogens with two attached hydrogens (primary N) is 1. The van der Waals surface area contributed by atoms with E-state index in [4.69, 9.17) is 15.2 Å². The minimum Gasteiger partial charge on any atom is -0.467 e. The molecule has 0 rings (SSSR count). The van der Waals surface area contributed by atoms with Gasteiger partial charge in [0.25, 0.3) is 0 Å². The van der Waals surface area contributed by atoms with E-state index in [9.17, 15) is 14.4 Å². The Morgan fingerprint density at radius 3 is 1.96 bits per heavy atom.